The number of fused-ring (bicyclic) bond motifs is 4. The van der Waals surface area contributed by atoms with E-state index in [0.717, 1.165) is 0 Å². The summed E-state index contributed by atoms with van der Waals surface area (Å²) in [5, 5.41) is 2.63. The van der Waals surface area contributed by atoms with Crippen molar-refractivity contribution in [1.82, 2.24) is 0 Å². The van der Waals surface area contributed by atoms with E-state index in [-0.39, 0.29) is 17.5 Å². The molecule has 0 saturated heterocycles. The molecule has 0 saturated carbocycles. The van der Waals surface area contributed by atoms with Gasteiger partial charge in [-0.05, 0) is 33.6 Å². The van der Waals surface area contributed by atoms with Crippen LogP contribution >= 0.6 is 18.6 Å². The quantitative estimate of drug-likeness (QED) is 0.164. The van der Waals surface area contributed by atoms with Crippen LogP contribution in [-0.4, -0.2) is 0 Å². The Labute approximate surface area is 208 Å². The molecule has 0 radical (unpaired) electrons. The fourth-order valence-electron chi connectivity index (χ4n) is 5.02. The van der Waals surface area contributed by atoms with Crippen LogP contribution in [0.15, 0.2) is 78.9 Å². The average molecular weight is 496 g/mol. The first-order valence-corrected chi connectivity index (χ1v) is 14.7. The van der Waals surface area contributed by atoms with Crippen LogP contribution in [0.25, 0.3) is 28.0 Å². The number of rotatable bonds is 1. The molecular formula is C28H27Cl2NTi-2. The summed E-state index contributed by atoms with van der Waals surface area (Å²) in [7, 11) is 9.78. The number of hydrogen-bond donors (Lipinski definition) is 0. The Hall–Kier alpha value is -1.74. The average Bonchev–Trinajstić information content (AvgIpc) is 3.07. The first-order valence-electron chi connectivity index (χ1n) is 10.4. The van der Waals surface area contributed by atoms with Crippen molar-refractivity contribution >= 4 is 29.4 Å². The minimum Gasteiger partial charge on any atom is -0.693 e. The molecule has 0 amide bonds. The molecule has 0 bridgehead atoms. The normalized spacial score (nSPS) is 12.3. The van der Waals surface area contributed by atoms with Crippen LogP contribution < -0.4 is 0 Å². The molecule has 1 aliphatic rings. The van der Waals surface area contributed by atoms with Gasteiger partial charge in [-0.2, -0.15) is 12.5 Å². The van der Waals surface area contributed by atoms with E-state index in [1.54, 1.807) is 0 Å². The van der Waals surface area contributed by atoms with Gasteiger partial charge in [0.05, 0.1) is 0 Å². The van der Waals surface area contributed by atoms with Crippen LogP contribution in [0.2, 0.25) is 0 Å². The van der Waals surface area contributed by atoms with E-state index in [1.165, 1.54) is 49.7 Å². The van der Waals surface area contributed by atoms with Gasteiger partial charge in [-0.1, -0.05) is 104 Å². The van der Waals surface area contributed by atoms with Crippen molar-refractivity contribution in [3.05, 3.63) is 120 Å². The number of hydrogen-bond acceptors (Lipinski definition) is 0. The molecule has 32 heavy (non-hydrogen) atoms. The van der Waals surface area contributed by atoms with Gasteiger partial charge in [-0.25, -0.2) is 0 Å². The molecule has 0 aliphatic heterocycles. The Morgan fingerprint density at radius 2 is 1.22 bits per heavy atom. The molecule has 0 atom stereocenters. The maximum absolute atomic E-state index is 4.89. The predicted octanol–water partition coefficient (Wildman–Crippen LogP) is 9.57. The zero-order valence-electron chi connectivity index (χ0n) is 18.6. The van der Waals surface area contributed by atoms with Crippen LogP contribution in [0, 0.1) is 6.92 Å². The van der Waals surface area contributed by atoms with Crippen molar-refractivity contribution in [2.24, 2.45) is 0 Å². The molecule has 0 fully saturated rings. The molecular weight excluding hydrogens is 469 g/mol. The smallest absolute Gasteiger partial charge is 0.693 e. The van der Waals surface area contributed by atoms with Crippen molar-refractivity contribution in [2.45, 2.75) is 32.1 Å². The van der Waals surface area contributed by atoms with Crippen LogP contribution in [0.5, 0.6) is 0 Å². The standard InChI is InChI=1S/C28H25.2ClH.H2N.Ti/c1-18-25(17-19-11-5-6-12-20(19)27(18)28(2,3)4)26-23-15-9-7-13-21(23)22-14-8-10-16-24(22)26;;;;/h5-17,26H,1H2,2-4H3;2*1H;1H2;/q-1;;;-1;+2/p-2. The minimum absolute atomic E-state index is 0. The second-order valence-corrected chi connectivity index (χ2v) is 11.5. The van der Waals surface area contributed by atoms with E-state index >= 15 is 0 Å². The first-order chi connectivity index (χ1) is 14.9. The summed E-state index contributed by atoms with van der Waals surface area (Å²) in [4.78, 5) is 0. The zero-order chi connectivity index (χ0) is 22.2. The third-order valence-corrected chi connectivity index (χ3v) is 6.09. The molecule has 2 N–H and O–H groups in total. The molecule has 1 nitrogen and oxygen atoms in total. The topological polar surface area (TPSA) is 33.5 Å². The molecule has 4 aromatic carbocycles. The van der Waals surface area contributed by atoms with E-state index in [2.05, 4.69) is 107 Å². The van der Waals surface area contributed by atoms with Gasteiger partial charge < -0.3 is 6.15 Å². The Morgan fingerprint density at radius 1 is 0.750 bits per heavy atom. The van der Waals surface area contributed by atoms with Crippen LogP contribution in [0.3, 0.4) is 0 Å². The largest absolute Gasteiger partial charge is 0.693 e. The summed E-state index contributed by atoms with van der Waals surface area (Å²) in [6.07, 6.45) is 0. The summed E-state index contributed by atoms with van der Waals surface area (Å²) in [5.41, 5.74) is 9.41. The van der Waals surface area contributed by atoms with Gasteiger partial charge in [0.1, 0.15) is 0 Å². The summed E-state index contributed by atoms with van der Waals surface area (Å²) in [6, 6.07) is 28.8. The second kappa shape index (κ2) is 10.0. The summed E-state index contributed by atoms with van der Waals surface area (Å²) in [6.45, 7) is 11.5. The summed E-state index contributed by atoms with van der Waals surface area (Å²) >= 11 is -0.556. The van der Waals surface area contributed by atoms with Gasteiger partial charge in [0, 0.05) is 0 Å². The van der Waals surface area contributed by atoms with E-state index in [9.17, 15) is 0 Å². The first kappa shape index (κ1) is 24.9. The van der Waals surface area contributed by atoms with Gasteiger partial charge in [-0.15, -0.1) is 17.2 Å². The molecule has 4 aromatic rings. The SMILES string of the molecule is [CH2-]c1c(C2c3ccccc3-c3ccccc32)cc2ccccc2c1C(C)(C)C.[Cl][Ti][Cl].[NH2-]. The third kappa shape index (κ3) is 4.38. The van der Waals surface area contributed by atoms with E-state index in [1.807, 2.05) is 0 Å². The van der Waals surface area contributed by atoms with Crippen LogP contribution in [0.4, 0.5) is 0 Å². The van der Waals surface area contributed by atoms with Crippen molar-refractivity contribution in [2.75, 3.05) is 0 Å². The minimum atomic E-state index is -0.556. The monoisotopic (exact) mass is 495 g/mol. The van der Waals surface area contributed by atoms with Gasteiger partial charge in [0.2, 0.25) is 0 Å². The van der Waals surface area contributed by atoms with E-state index in [0.29, 0.717) is 0 Å². The maximum Gasteiger partial charge on any atom is -0.693 e. The Kier molecular flexibility index (Phi) is 7.81. The van der Waals surface area contributed by atoms with Crippen molar-refractivity contribution < 1.29 is 17.0 Å². The van der Waals surface area contributed by atoms with Gasteiger partial charge in [-0.3, -0.25) is 0 Å². The molecule has 5 rings (SSSR count). The van der Waals surface area contributed by atoms with Gasteiger partial charge >= 0.3 is 35.6 Å². The van der Waals surface area contributed by atoms with Crippen LogP contribution in [-0.2, 0) is 22.4 Å². The Morgan fingerprint density at radius 3 is 1.75 bits per heavy atom. The van der Waals surface area contributed by atoms with Crippen molar-refractivity contribution in [3.63, 3.8) is 0 Å². The molecule has 0 heterocycles. The molecule has 0 spiro atoms. The van der Waals surface area contributed by atoms with Crippen molar-refractivity contribution in [3.8, 4) is 11.1 Å². The number of halogens is 2. The molecule has 1 aliphatic carbocycles. The maximum atomic E-state index is 4.89. The fraction of sp³-hybridized carbons (Fsp3) is 0.179. The summed E-state index contributed by atoms with van der Waals surface area (Å²) in [5.74, 6) is 0.241. The summed E-state index contributed by atoms with van der Waals surface area (Å²) < 4.78 is 0. The molecule has 0 aromatic heterocycles. The van der Waals surface area contributed by atoms with Crippen molar-refractivity contribution in [1.29, 1.82) is 0 Å². The van der Waals surface area contributed by atoms with E-state index in [4.69, 9.17) is 18.6 Å². The number of benzene rings is 4. The molecule has 0 unspecified atom stereocenters. The predicted molar refractivity (Wildman–Crippen MR) is 137 cm³/mol. The van der Waals surface area contributed by atoms with Crippen LogP contribution in [0.1, 0.15) is 54.5 Å². The Balaban J connectivity index is 0.000000686. The second-order valence-electron chi connectivity index (χ2n) is 8.97. The molecule has 164 valence electrons. The van der Waals surface area contributed by atoms with E-state index < -0.39 is 17.0 Å². The zero-order valence-corrected chi connectivity index (χ0v) is 21.7. The fourth-order valence-corrected chi connectivity index (χ4v) is 5.02. The Bertz CT molecular complexity index is 1200. The van der Waals surface area contributed by atoms with Gasteiger partial charge in [0.15, 0.2) is 0 Å². The van der Waals surface area contributed by atoms with Gasteiger partial charge in [0.25, 0.3) is 0 Å². The number of nitrogens with two attached hydrogens (primary N) is 1. The third-order valence-electron chi connectivity index (χ3n) is 6.09. The molecule has 4 heteroatoms.